The topological polar surface area (TPSA) is 90.5 Å². The molecule has 1 fully saturated rings. The number of benzene rings is 2. The van der Waals surface area contributed by atoms with Crippen molar-refractivity contribution in [1.29, 1.82) is 0 Å². The molecule has 0 bridgehead atoms. The summed E-state index contributed by atoms with van der Waals surface area (Å²) < 4.78 is 27.3. The van der Waals surface area contributed by atoms with E-state index in [9.17, 15) is 13.2 Å². The zero-order chi connectivity index (χ0) is 19.1. The number of halogens is 1. The molecule has 1 aliphatic heterocycles. The van der Waals surface area contributed by atoms with Gasteiger partial charge in [0.15, 0.2) is 0 Å². The molecule has 0 unspecified atom stereocenters. The van der Waals surface area contributed by atoms with Gasteiger partial charge in [0.2, 0.25) is 15.9 Å². The number of piperazine rings is 1. The number of nitrogens with one attached hydrogen (secondary N) is 3. The first-order chi connectivity index (χ1) is 13.0. The zero-order valence-electron chi connectivity index (χ0n) is 15.7. The minimum atomic E-state index is -3.63. The Morgan fingerprint density at radius 3 is 2.50 bits per heavy atom. The standard InChI is InChI=1S/C19H26N4O3S.ClH/c24-19(21-11-14-23-12-9-20-10-13-23)7-8-22-27(25,26)18-6-5-16-3-1-2-4-17(16)15-18;/h1-6,15,20,22H,7-14H2,(H,21,24);1H. The Hall–Kier alpha value is -1.71. The van der Waals surface area contributed by atoms with Crippen molar-refractivity contribution < 1.29 is 13.2 Å². The van der Waals surface area contributed by atoms with Crippen molar-refractivity contribution in [1.82, 2.24) is 20.3 Å². The normalized spacial score (nSPS) is 15.1. The van der Waals surface area contributed by atoms with Crippen LogP contribution in [0.3, 0.4) is 0 Å². The van der Waals surface area contributed by atoms with Gasteiger partial charge in [-0.1, -0.05) is 30.3 Å². The Kier molecular flexibility index (Phi) is 8.65. The minimum Gasteiger partial charge on any atom is -0.355 e. The summed E-state index contributed by atoms with van der Waals surface area (Å²) in [5.74, 6) is -0.147. The van der Waals surface area contributed by atoms with Crippen LogP contribution in [0.25, 0.3) is 10.8 Å². The van der Waals surface area contributed by atoms with Gasteiger partial charge in [0.05, 0.1) is 4.90 Å². The SMILES string of the molecule is Cl.O=C(CCNS(=O)(=O)c1ccc2ccccc2c1)NCCN1CCNCC1. The molecule has 3 rings (SSSR count). The largest absolute Gasteiger partial charge is 0.355 e. The van der Waals surface area contributed by atoms with Crippen LogP contribution in [0.2, 0.25) is 0 Å². The fourth-order valence-corrected chi connectivity index (χ4v) is 4.16. The highest BCUT2D eigenvalue weighted by molar-refractivity contribution is 7.89. The van der Waals surface area contributed by atoms with E-state index in [1.807, 2.05) is 24.3 Å². The molecule has 28 heavy (non-hydrogen) atoms. The second kappa shape index (κ2) is 10.7. The van der Waals surface area contributed by atoms with Crippen molar-refractivity contribution in [3.05, 3.63) is 42.5 Å². The Morgan fingerprint density at radius 1 is 1.04 bits per heavy atom. The highest BCUT2D eigenvalue weighted by atomic mass is 35.5. The van der Waals surface area contributed by atoms with Gasteiger partial charge in [-0.15, -0.1) is 12.4 Å². The fourth-order valence-electron chi connectivity index (χ4n) is 3.09. The summed E-state index contributed by atoms with van der Waals surface area (Å²) in [6.45, 7) is 5.40. The smallest absolute Gasteiger partial charge is 0.240 e. The van der Waals surface area contributed by atoms with E-state index in [1.165, 1.54) is 0 Å². The number of carbonyl (C=O) groups is 1. The third kappa shape index (κ3) is 6.42. The van der Waals surface area contributed by atoms with Gasteiger partial charge in [-0.05, 0) is 22.9 Å². The molecular formula is C19H27ClN4O3S. The van der Waals surface area contributed by atoms with Crippen LogP contribution in [0, 0.1) is 0 Å². The van der Waals surface area contributed by atoms with E-state index in [2.05, 4.69) is 20.3 Å². The summed E-state index contributed by atoms with van der Waals surface area (Å²) >= 11 is 0. The van der Waals surface area contributed by atoms with E-state index in [4.69, 9.17) is 0 Å². The fraction of sp³-hybridized carbons (Fsp3) is 0.421. The second-order valence-corrected chi connectivity index (χ2v) is 8.37. The summed E-state index contributed by atoms with van der Waals surface area (Å²) in [5.41, 5.74) is 0. The number of rotatable bonds is 8. The lowest BCUT2D eigenvalue weighted by atomic mass is 10.1. The summed E-state index contributed by atoms with van der Waals surface area (Å²) in [5, 5.41) is 7.98. The van der Waals surface area contributed by atoms with E-state index in [0.29, 0.717) is 6.54 Å². The van der Waals surface area contributed by atoms with Crippen molar-refractivity contribution in [2.45, 2.75) is 11.3 Å². The monoisotopic (exact) mass is 426 g/mol. The number of fused-ring (bicyclic) bond motifs is 1. The van der Waals surface area contributed by atoms with Crippen LogP contribution < -0.4 is 15.4 Å². The van der Waals surface area contributed by atoms with Crippen LogP contribution in [-0.2, 0) is 14.8 Å². The number of nitrogens with zero attached hydrogens (tertiary/aromatic N) is 1. The highest BCUT2D eigenvalue weighted by Crippen LogP contribution is 2.18. The molecule has 9 heteroatoms. The molecule has 1 saturated heterocycles. The molecule has 1 aliphatic rings. The average molecular weight is 427 g/mol. The summed E-state index contributed by atoms with van der Waals surface area (Å²) in [6, 6.07) is 12.6. The van der Waals surface area contributed by atoms with Crippen LogP contribution in [0.1, 0.15) is 6.42 Å². The lowest BCUT2D eigenvalue weighted by Crippen LogP contribution is -2.46. The molecule has 1 heterocycles. The third-order valence-electron chi connectivity index (χ3n) is 4.64. The maximum atomic E-state index is 12.4. The van der Waals surface area contributed by atoms with Crippen molar-refractivity contribution >= 4 is 39.1 Å². The number of hydrogen-bond acceptors (Lipinski definition) is 5. The minimum absolute atomic E-state index is 0. The van der Waals surface area contributed by atoms with E-state index in [-0.39, 0.29) is 36.2 Å². The van der Waals surface area contributed by atoms with Gasteiger partial charge in [-0.3, -0.25) is 9.69 Å². The molecular weight excluding hydrogens is 400 g/mol. The van der Waals surface area contributed by atoms with Gasteiger partial charge in [0, 0.05) is 52.2 Å². The van der Waals surface area contributed by atoms with Crippen molar-refractivity contribution in [2.75, 3.05) is 45.8 Å². The lowest BCUT2D eigenvalue weighted by Gasteiger charge is -2.27. The van der Waals surface area contributed by atoms with Crippen molar-refractivity contribution in [3.63, 3.8) is 0 Å². The predicted octanol–water partition coefficient (Wildman–Crippen LogP) is 0.951. The first kappa shape index (κ1) is 22.6. The van der Waals surface area contributed by atoms with E-state index < -0.39 is 10.0 Å². The van der Waals surface area contributed by atoms with Crippen LogP contribution in [0.4, 0.5) is 0 Å². The Labute approximate surface area is 172 Å². The first-order valence-corrected chi connectivity index (χ1v) is 10.7. The van der Waals surface area contributed by atoms with Gasteiger partial charge >= 0.3 is 0 Å². The zero-order valence-corrected chi connectivity index (χ0v) is 17.3. The molecule has 7 nitrogen and oxygen atoms in total. The van der Waals surface area contributed by atoms with E-state index in [0.717, 1.165) is 43.5 Å². The quantitative estimate of drug-likeness (QED) is 0.584. The Morgan fingerprint density at radius 2 is 1.75 bits per heavy atom. The first-order valence-electron chi connectivity index (χ1n) is 9.23. The van der Waals surface area contributed by atoms with E-state index >= 15 is 0 Å². The number of amides is 1. The molecule has 2 aromatic rings. The van der Waals surface area contributed by atoms with Gasteiger partial charge < -0.3 is 10.6 Å². The molecule has 0 aliphatic carbocycles. The molecule has 3 N–H and O–H groups in total. The maximum absolute atomic E-state index is 12.4. The number of hydrogen-bond donors (Lipinski definition) is 3. The van der Waals surface area contributed by atoms with Gasteiger partial charge in [0.1, 0.15) is 0 Å². The molecule has 0 radical (unpaired) electrons. The molecule has 1 amide bonds. The lowest BCUT2D eigenvalue weighted by molar-refractivity contribution is -0.120. The van der Waals surface area contributed by atoms with Crippen molar-refractivity contribution in [3.8, 4) is 0 Å². The molecule has 154 valence electrons. The highest BCUT2D eigenvalue weighted by Gasteiger charge is 2.15. The maximum Gasteiger partial charge on any atom is 0.240 e. The average Bonchev–Trinajstić information content (AvgIpc) is 2.68. The summed E-state index contributed by atoms with van der Waals surface area (Å²) in [6.07, 6.45) is 0.119. The molecule has 0 spiro atoms. The van der Waals surface area contributed by atoms with Gasteiger partial charge in [-0.25, -0.2) is 13.1 Å². The predicted molar refractivity (Wildman–Crippen MR) is 113 cm³/mol. The second-order valence-electron chi connectivity index (χ2n) is 6.60. The molecule has 0 atom stereocenters. The van der Waals surface area contributed by atoms with Crippen LogP contribution >= 0.6 is 12.4 Å². The summed E-state index contributed by atoms with van der Waals surface area (Å²) in [4.78, 5) is 14.4. The Balaban J connectivity index is 0.00000280. The van der Waals surface area contributed by atoms with E-state index in [1.54, 1.807) is 18.2 Å². The molecule has 2 aromatic carbocycles. The molecule has 0 saturated carbocycles. The van der Waals surface area contributed by atoms with Crippen LogP contribution in [-0.4, -0.2) is 65.0 Å². The summed E-state index contributed by atoms with van der Waals surface area (Å²) in [7, 11) is -3.63. The number of carbonyl (C=O) groups excluding carboxylic acids is 1. The van der Waals surface area contributed by atoms with Crippen molar-refractivity contribution in [2.24, 2.45) is 0 Å². The van der Waals surface area contributed by atoms with Gasteiger partial charge in [0.25, 0.3) is 0 Å². The number of sulfonamides is 1. The third-order valence-corrected chi connectivity index (χ3v) is 6.09. The Bertz CT molecular complexity index is 886. The molecule has 0 aromatic heterocycles. The van der Waals surface area contributed by atoms with Crippen LogP contribution in [0.15, 0.2) is 47.4 Å². The van der Waals surface area contributed by atoms with Gasteiger partial charge in [-0.2, -0.15) is 0 Å². The van der Waals surface area contributed by atoms with Crippen LogP contribution in [0.5, 0.6) is 0 Å².